The van der Waals surface area contributed by atoms with Crippen LogP contribution in [-0.2, 0) is 4.79 Å². The van der Waals surface area contributed by atoms with E-state index in [2.05, 4.69) is 50.2 Å². The van der Waals surface area contributed by atoms with E-state index in [0.717, 1.165) is 34.6 Å². The van der Waals surface area contributed by atoms with E-state index < -0.39 is 0 Å². The molecule has 25 heavy (non-hydrogen) atoms. The van der Waals surface area contributed by atoms with E-state index in [-0.39, 0.29) is 23.2 Å². The van der Waals surface area contributed by atoms with Gasteiger partial charge in [0, 0.05) is 35.2 Å². The third-order valence-corrected chi connectivity index (χ3v) is 5.23. The molecule has 0 bridgehead atoms. The van der Waals surface area contributed by atoms with Gasteiger partial charge in [0.2, 0.25) is 0 Å². The number of rotatable bonds is 2. The highest BCUT2D eigenvalue weighted by atomic mass is 16.1. The van der Waals surface area contributed by atoms with E-state index in [0.29, 0.717) is 6.42 Å². The van der Waals surface area contributed by atoms with E-state index in [4.69, 9.17) is 0 Å². The van der Waals surface area contributed by atoms with Gasteiger partial charge in [0.25, 0.3) is 0 Å². The Balaban J connectivity index is 1.93. The molecule has 0 amide bonds. The minimum Gasteiger partial charge on any atom is -0.343 e. The van der Waals surface area contributed by atoms with Crippen molar-refractivity contribution in [3.8, 4) is 0 Å². The van der Waals surface area contributed by atoms with Crippen LogP contribution in [0.3, 0.4) is 0 Å². The van der Waals surface area contributed by atoms with E-state index >= 15 is 0 Å². The van der Waals surface area contributed by atoms with Crippen LogP contribution in [0.15, 0.2) is 47.8 Å². The smallest absolute Gasteiger partial charge is 0.162 e. The topological polar surface area (TPSA) is 46.9 Å². The molecule has 1 aromatic carbocycles. The van der Waals surface area contributed by atoms with Crippen molar-refractivity contribution >= 4 is 11.6 Å². The molecule has 1 atom stereocenters. The zero-order chi connectivity index (χ0) is 17.8. The molecule has 0 saturated heterocycles. The minimum atomic E-state index is -0.0245. The SMILES string of the molecule is CC(C)n1ncc2c1NC1=C(C(=O)CC(C)(C)C1)[C@@H]2c1ccccc1. The lowest BCUT2D eigenvalue weighted by Gasteiger charge is -2.38. The molecule has 4 nitrogen and oxygen atoms in total. The second-order valence-electron chi connectivity index (χ2n) is 8.29. The Kier molecular flexibility index (Phi) is 3.60. The highest BCUT2D eigenvalue weighted by Gasteiger charge is 2.41. The number of benzene rings is 1. The van der Waals surface area contributed by atoms with Crippen LogP contribution in [0.2, 0.25) is 0 Å². The molecular weight excluding hydrogens is 310 g/mol. The molecule has 0 fully saturated rings. The lowest BCUT2D eigenvalue weighted by molar-refractivity contribution is -0.118. The van der Waals surface area contributed by atoms with Gasteiger partial charge in [0.1, 0.15) is 5.82 Å². The minimum absolute atomic E-state index is 0.00958. The Morgan fingerprint density at radius 1 is 1.20 bits per heavy atom. The van der Waals surface area contributed by atoms with Crippen LogP contribution in [0.1, 0.15) is 63.6 Å². The molecule has 2 aliphatic rings. The number of nitrogens with zero attached hydrogens (tertiary/aromatic N) is 2. The maximum absolute atomic E-state index is 13.1. The number of aromatic nitrogens is 2. The second-order valence-corrected chi connectivity index (χ2v) is 8.29. The number of carbonyl (C=O) groups is 1. The number of ketones is 1. The molecule has 1 aliphatic heterocycles. The van der Waals surface area contributed by atoms with Crippen LogP contribution in [0.4, 0.5) is 5.82 Å². The zero-order valence-electron chi connectivity index (χ0n) is 15.3. The van der Waals surface area contributed by atoms with Crippen molar-refractivity contribution in [2.75, 3.05) is 5.32 Å². The van der Waals surface area contributed by atoms with Crippen LogP contribution in [0.5, 0.6) is 0 Å². The number of carbonyl (C=O) groups excluding carboxylic acids is 1. The molecule has 0 spiro atoms. The van der Waals surface area contributed by atoms with Crippen molar-refractivity contribution in [1.29, 1.82) is 0 Å². The van der Waals surface area contributed by atoms with Crippen LogP contribution >= 0.6 is 0 Å². The van der Waals surface area contributed by atoms with Gasteiger partial charge in [-0.2, -0.15) is 5.10 Å². The number of allylic oxidation sites excluding steroid dienone is 2. The standard InChI is InChI=1S/C21H25N3O/c1-13(2)24-20-15(12-22-24)18(14-8-6-5-7-9-14)19-16(23-20)10-21(3,4)11-17(19)25/h5-9,12-13,18,23H,10-11H2,1-4H3/t18-/m1/s1. The molecular formula is C21H25N3O. The summed E-state index contributed by atoms with van der Waals surface area (Å²) in [5.41, 5.74) is 4.26. The fourth-order valence-corrected chi connectivity index (χ4v) is 4.18. The molecule has 0 unspecified atom stereocenters. The molecule has 2 aromatic rings. The monoisotopic (exact) mass is 335 g/mol. The first kappa shape index (κ1) is 16.1. The van der Waals surface area contributed by atoms with Crippen molar-refractivity contribution in [3.05, 3.63) is 58.9 Å². The van der Waals surface area contributed by atoms with Gasteiger partial charge in [-0.3, -0.25) is 4.79 Å². The quantitative estimate of drug-likeness (QED) is 0.868. The third-order valence-electron chi connectivity index (χ3n) is 5.23. The predicted molar refractivity (Wildman–Crippen MR) is 99.6 cm³/mol. The Morgan fingerprint density at radius 2 is 1.92 bits per heavy atom. The number of fused-ring (bicyclic) bond motifs is 1. The van der Waals surface area contributed by atoms with Gasteiger partial charge in [-0.25, -0.2) is 4.68 Å². The van der Waals surface area contributed by atoms with Crippen molar-refractivity contribution in [2.24, 2.45) is 5.41 Å². The summed E-state index contributed by atoms with van der Waals surface area (Å²) in [6, 6.07) is 10.6. The average molecular weight is 335 g/mol. The first-order chi connectivity index (χ1) is 11.9. The van der Waals surface area contributed by atoms with Crippen LogP contribution in [0, 0.1) is 5.41 Å². The van der Waals surface area contributed by atoms with Gasteiger partial charge in [-0.15, -0.1) is 0 Å². The van der Waals surface area contributed by atoms with Gasteiger partial charge in [-0.1, -0.05) is 44.2 Å². The van der Waals surface area contributed by atoms with Crippen LogP contribution in [-0.4, -0.2) is 15.6 Å². The number of Topliss-reactive ketones (excluding diaryl/α,β-unsaturated/α-hetero) is 1. The van der Waals surface area contributed by atoms with Gasteiger partial charge >= 0.3 is 0 Å². The Labute approximate surface area is 148 Å². The molecule has 4 rings (SSSR count). The van der Waals surface area contributed by atoms with Crippen molar-refractivity contribution < 1.29 is 4.79 Å². The summed E-state index contributed by atoms with van der Waals surface area (Å²) in [5.74, 6) is 1.27. The maximum atomic E-state index is 13.1. The normalized spacial score (nSPS) is 21.8. The number of anilines is 1. The van der Waals surface area contributed by atoms with Crippen molar-refractivity contribution in [2.45, 2.75) is 52.5 Å². The lowest BCUT2D eigenvalue weighted by atomic mass is 9.69. The predicted octanol–water partition coefficient (Wildman–Crippen LogP) is 4.66. The van der Waals surface area contributed by atoms with Gasteiger partial charge in [0.05, 0.1) is 6.20 Å². The molecule has 4 heteroatoms. The molecule has 1 N–H and O–H groups in total. The molecule has 1 aromatic heterocycles. The first-order valence-corrected chi connectivity index (χ1v) is 9.03. The fourth-order valence-electron chi connectivity index (χ4n) is 4.18. The molecule has 2 heterocycles. The Hall–Kier alpha value is -2.36. The summed E-state index contributed by atoms with van der Waals surface area (Å²) in [6.07, 6.45) is 3.42. The number of hydrogen-bond donors (Lipinski definition) is 1. The molecule has 0 saturated carbocycles. The van der Waals surface area contributed by atoms with Crippen LogP contribution in [0.25, 0.3) is 0 Å². The fraction of sp³-hybridized carbons (Fsp3) is 0.429. The summed E-state index contributed by atoms with van der Waals surface area (Å²) >= 11 is 0. The third kappa shape index (κ3) is 2.60. The van der Waals surface area contributed by atoms with Gasteiger partial charge < -0.3 is 5.32 Å². The molecule has 130 valence electrons. The van der Waals surface area contributed by atoms with Crippen molar-refractivity contribution in [1.82, 2.24) is 9.78 Å². The number of hydrogen-bond acceptors (Lipinski definition) is 3. The summed E-state index contributed by atoms with van der Waals surface area (Å²) in [6.45, 7) is 8.60. The number of nitrogens with one attached hydrogen (secondary N) is 1. The van der Waals surface area contributed by atoms with E-state index in [1.807, 2.05) is 29.1 Å². The second kappa shape index (κ2) is 5.58. The largest absolute Gasteiger partial charge is 0.343 e. The Bertz CT molecular complexity index is 859. The van der Waals surface area contributed by atoms with Gasteiger partial charge in [0.15, 0.2) is 5.78 Å². The summed E-state index contributed by atoms with van der Waals surface area (Å²) in [4.78, 5) is 13.1. The summed E-state index contributed by atoms with van der Waals surface area (Å²) in [5, 5.41) is 8.18. The zero-order valence-corrected chi connectivity index (χ0v) is 15.3. The maximum Gasteiger partial charge on any atom is 0.162 e. The highest BCUT2D eigenvalue weighted by molar-refractivity contribution is 6.01. The van der Waals surface area contributed by atoms with Gasteiger partial charge in [-0.05, 0) is 31.2 Å². The molecule has 0 radical (unpaired) electrons. The summed E-state index contributed by atoms with van der Waals surface area (Å²) < 4.78 is 2.03. The van der Waals surface area contributed by atoms with E-state index in [9.17, 15) is 4.79 Å². The summed E-state index contributed by atoms with van der Waals surface area (Å²) in [7, 11) is 0. The van der Waals surface area contributed by atoms with E-state index in [1.54, 1.807) is 0 Å². The van der Waals surface area contributed by atoms with E-state index in [1.165, 1.54) is 0 Å². The average Bonchev–Trinajstić information content (AvgIpc) is 2.96. The molecule has 1 aliphatic carbocycles. The highest BCUT2D eigenvalue weighted by Crippen LogP contribution is 2.49. The van der Waals surface area contributed by atoms with Crippen molar-refractivity contribution in [3.63, 3.8) is 0 Å². The first-order valence-electron chi connectivity index (χ1n) is 9.03. The van der Waals surface area contributed by atoms with Crippen LogP contribution < -0.4 is 5.32 Å². The Morgan fingerprint density at radius 3 is 2.60 bits per heavy atom. The lowest BCUT2D eigenvalue weighted by Crippen LogP contribution is -2.34.